The average molecular weight is 287 g/mol. The van der Waals surface area contributed by atoms with Crippen molar-refractivity contribution >= 4 is 0 Å². The van der Waals surface area contributed by atoms with Gasteiger partial charge in [0.2, 0.25) is 0 Å². The van der Waals surface area contributed by atoms with E-state index in [4.69, 9.17) is 0 Å². The molecule has 3 rings (SSSR count). The predicted octanol–water partition coefficient (Wildman–Crippen LogP) is 2.95. The second-order valence-electron chi connectivity index (χ2n) is 6.99. The molecule has 2 aliphatic rings. The number of pyridine rings is 1. The summed E-state index contributed by atoms with van der Waals surface area (Å²) in [6.07, 6.45) is 5.79. The van der Waals surface area contributed by atoms with E-state index in [1.54, 1.807) is 0 Å². The van der Waals surface area contributed by atoms with Crippen LogP contribution < -0.4 is 0 Å². The minimum Gasteiger partial charge on any atom is -0.298 e. The second-order valence-corrected chi connectivity index (χ2v) is 6.99. The third-order valence-electron chi connectivity index (χ3n) is 5.32. The minimum atomic E-state index is 0.672. The van der Waals surface area contributed by atoms with Crippen LogP contribution in [0.2, 0.25) is 0 Å². The Morgan fingerprint density at radius 2 is 2.19 bits per heavy atom. The van der Waals surface area contributed by atoms with Crippen LogP contribution in [-0.4, -0.2) is 46.5 Å². The molecule has 2 unspecified atom stereocenters. The Labute approximate surface area is 129 Å². The van der Waals surface area contributed by atoms with E-state index in [1.807, 2.05) is 6.20 Å². The van der Waals surface area contributed by atoms with Gasteiger partial charge in [-0.1, -0.05) is 26.8 Å². The van der Waals surface area contributed by atoms with Gasteiger partial charge in [-0.25, -0.2) is 0 Å². The predicted molar refractivity (Wildman–Crippen MR) is 87.2 cm³/mol. The maximum absolute atomic E-state index is 4.67. The maximum Gasteiger partial charge on any atom is 0.0575 e. The molecule has 0 saturated carbocycles. The lowest BCUT2D eigenvalue weighted by atomic mass is 9.96. The molecule has 0 amide bonds. The van der Waals surface area contributed by atoms with E-state index >= 15 is 0 Å². The molecular formula is C18H29N3. The van der Waals surface area contributed by atoms with Crippen LogP contribution in [0.5, 0.6) is 0 Å². The monoisotopic (exact) mass is 287 g/mol. The van der Waals surface area contributed by atoms with Gasteiger partial charge in [0.1, 0.15) is 0 Å². The van der Waals surface area contributed by atoms with Gasteiger partial charge < -0.3 is 0 Å². The van der Waals surface area contributed by atoms with Gasteiger partial charge in [-0.3, -0.25) is 14.8 Å². The van der Waals surface area contributed by atoms with Crippen LogP contribution in [0.3, 0.4) is 0 Å². The first-order valence-corrected chi connectivity index (χ1v) is 8.60. The molecular weight excluding hydrogens is 258 g/mol. The van der Waals surface area contributed by atoms with Crippen LogP contribution in [0.25, 0.3) is 0 Å². The first-order chi connectivity index (χ1) is 10.2. The van der Waals surface area contributed by atoms with Gasteiger partial charge in [-0.05, 0) is 43.4 Å². The fourth-order valence-corrected chi connectivity index (χ4v) is 4.05. The highest BCUT2D eigenvalue weighted by Crippen LogP contribution is 2.28. The van der Waals surface area contributed by atoms with Crippen LogP contribution in [0.1, 0.15) is 44.9 Å². The molecule has 0 radical (unpaired) electrons. The van der Waals surface area contributed by atoms with Crippen molar-refractivity contribution in [2.24, 2.45) is 5.92 Å². The van der Waals surface area contributed by atoms with Gasteiger partial charge >= 0.3 is 0 Å². The third-order valence-corrected chi connectivity index (χ3v) is 5.32. The molecule has 0 aromatic carbocycles. The van der Waals surface area contributed by atoms with Crippen molar-refractivity contribution < 1.29 is 0 Å². The average Bonchev–Trinajstić information content (AvgIpc) is 2.94. The summed E-state index contributed by atoms with van der Waals surface area (Å²) in [4.78, 5) is 10.1. The van der Waals surface area contributed by atoms with E-state index < -0.39 is 0 Å². The van der Waals surface area contributed by atoms with E-state index in [0.717, 1.165) is 19.0 Å². The summed E-state index contributed by atoms with van der Waals surface area (Å²) in [6.45, 7) is 11.8. The number of nitrogens with zero attached hydrogens (tertiary/aromatic N) is 3. The molecule has 116 valence electrons. The summed E-state index contributed by atoms with van der Waals surface area (Å²) < 4.78 is 0. The summed E-state index contributed by atoms with van der Waals surface area (Å²) in [7, 11) is 0. The lowest BCUT2D eigenvalue weighted by Crippen LogP contribution is -2.57. The number of piperazine rings is 1. The van der Waals surface area contributed by atoms with Crippen LogP contribution >= 0.6 is 0 Å². The summed E-state index contributed by atoms with van der Waals surface area (Å²) in [5, 5.41) is 0. The first kappa shape index (κ1) is 15.0. The van der Waals surface area contributed by atoms with E-state index in [2.05, 4.69) is 47.7 Å². The summed E-state index contributed by atoms with van der Waals surface area (Å²) >= 11 is 0. The number of rotatable bonds is 4. The molecule has 2 fully saturated rings. The minimum absolute atomic E-state index is 0.672. The van der Waals surface area contributed by atoms with Crippen LogP contribution in [0.4, 0.5) is 0 Å². The van der Waals surface area contributed by atoms with Crippen molar-refractivity contribution in [3.05, 3.63) is 29.6 Å². The summed E-state index contributed by atoms with van der Waals surface area (Å²) in [5.41, 5.74) is 2.70. The van der Waals surface area contributed by atoms with Gasteiger partial charge in [0.05, 0.1) is 5.69 Å². The normalized spacial score (nSPS) is 27.2. The van der Waals surface area contributed by atoms with Crippen LogP contribution in [0, 0.1) is 5.92 Å². The second kappa shape index (κ2) is 6.45. The van der Waals surface area contributed by atoms with E-state index in [-0.39, 0.29) is 0 Å². The Morgan fingerprint density at radius 1 is 1.33 bits per heavy atom. The zero-order valence-corrected chi connectivity index (χ0v) is 13.8. The largest absolute Gasteiger partial charge is 0.298 e. The van der Waals surface area contributed by atoms with Crippen molar-refractivity contribution in [2.45, 2.75) is 58.7 Å². The molecule has 21 heavy (non-hydrogen) atoms. The fourth-order valence-electron chi connectivity index (χ4n) is 4.05. The number of hydrogen-bond acceptors (Lipinski definition) is 3. The Balaban J connectivity index is 1.78. The summed E-state index contributed by atoms with van der Waals surface area (Å²) in [6, 6.07) is 5.76. The molecule has 2 aliphatic heterocycles. The molecule has 0 spiro atoms. The highest BCUT2D eigenvalue weighted by Gasteiger charge is 2.37. The van der Waals surface area contributed by atoms with E-state index in [1.165, 1.54) is 43.7 Å². The third kappa shape index (κ3) is 3.14. The van der Waals surface area contributed by atoms with Gasteiger partial charge in [-0.2, -0.15) is 0 Å². The smallest absolute Gasteiger partial charge is 0.0575 e. The SMILES string of the molecule is CCc1cccnc1CN1CC2CCCN2CC1C(C)C. The Hall–Kier alpha value is -0.930. The lowest BCUT2D eigenvalue weighted by molar-refractivity contribution is 0.0230. The molecule has 3 nitrogen and oxygen atoms in total. The topological polar surface area (TPSA) is 19.4 Å². The van der Waals surface area contributed by atoms with E-state index in [0.29, 0.717) is 12.0 Å². The molecule has 0 N–H and O–H groups in total. The van der Waals surface area contributed by atoms with Crippen molar-refractivity contribution in [3.63, 3.8) is 0 Å². The number of fused-ring (bicyclic) bond motifs is 1. The summed E-state index contributed by atoms with van der Waals surface area (Å²) in [5.74, 6) is 0.709. The van der Waals surface area contributed by atoms with Crippen molar-refractivity contribution in [1.82, 2.24) is 14.8 Å². The Bertz CT molecular complexity index is 471. The first-order valence-electron chi connectivity index (χ1n) is 8.60. The van der Waals surface area contributed by atoms with Gasteiger partial charge in [-0.15, -0.1) is 0 Å². The molecule has 1 aromatic heterocycles. The van der Waals surface area contributed by atoms with Crippen molar-refractivity contribution in [2.75, 3.05) is 19.6 Å². The number of hydrogen-bond donors (Lipinski definition) is 0. The molecule has 0 bridgehead atoms. The number of aryl methyl sites for hydroxylation is 1. The molecule has 2 atom stereocenters. The highest BCUT2D eigenvalue weighted by atomic mass is 15.3. The molecule has 1 aromatic rings. The Morgan fingerprint density at radius 3 is 2.95 bits per heavy atom. The molecule has 3 heterocycles. The van der Waals surface area contributed by atoms with Crippen LogP contribution in [-0.2, 0) is 13.0 Å². The van der Waals surface area contributed by atoms with Crippen molar-refractivity contribution in [1.29, 1.82) is 0 Å². The molecule has 2 saturated heterocycles. The fraction of sp³-hybridized carbons (Fsp3) is 0.722. The van der Waals surface area contributed by atoms with Crippen LogP contribution in [0.15, 0.2) is 18.3 Å². The maximum atomic E-state index is 4.67. The highest BCUT2D eigenvalue weighted by molar-refractivity contribution is 5.20. The quantitative estimate of drug-likeness (QED) is 0.849. The zero-order chi connectivity index (χ0) is 14.8. The van der Waals surface area contributed by atoms with Crippen molar-refractivity contribution in [3.8, 4) is 0 Å². The van der Waals surface area contributed by atoms with Gasteiger partial charge in [0.25, 0.3) is 0 Å². The Kier molecular flexibility index (Phi) is 4.60. The molecule has 0 aliphatic carbocycles. The number of aromatic nitrogens is 1. The standard InChI is InChI=1S/C18H29N3/c1-4-15-7-5-9-19-17(15)12-21-11-16-8-6-10-20(16)13-18(21)14(2)3/h5,7,9,14,16,18H,4,6,8,10-13H2,1-3H3. The van der Waals surface area contributed by atoms with E-state index in [9.17, 15) is 0 Å². The van der Waals surface area contributed by atoms with Gasteiger partial charge in [0, 0.05) is 37.9 Å². The zero-order valence-electron chi connectivity index (χ0n) is 13.8. The lowest BCUT2D eigenvalue weighted by Gasteiger charge is -2.45. The van der Waals surface area contributed by atoms with Gasteiger partial charge in [0.15, 0.2) is 0 Å². The molecule has 3 heteroatoms.